The van der Waals surface area contributed by atoms with Gasteiger partial charge in [0.05, 0.1) is 16.3 Å². The smallest absolute Gasteiger partial charge is 0.337 e. The Morgan fingerprint density at radius 1 is 1.15 bits per heavy atom. The zero-order valence-corrected chi connectivity index (χ0v) is 11.4. The highest BCUT2D eigenvalue weighted by molar-refractivity contribution is 6.34. The van der Waals surface area contributed by atoms with Crippen LogP contribution in [0.4, 0.5) is 5.69 Å². The summed E-state index contributed by atoms with van der Waals surface area (Å²) >= 11 is 6.00. The summed E-state index contributed by atoms with van der Waals surface area (Å²) in [6.45, 7) is 0.868. The lowest BCUT2D eigenvalue weighted by atomic mass is 10.2. The molecule has 0 aromatic heterocycles. The minimum Gasteiger partial charge on any atom is -0.492 e. The number of carboxylic acids is 1. The van der Waals surface area contributed by atoms with Crippen molar-refractivity contribution in [1.82, 2.24) is 0 Å². The molecule has 2 N–H and O–H groups in total. The van der Waals surface area contributed by atoms with Crippen molar-refractivity contribution in [3.8, 4) is 5.75 Å². The van der Waals surface area contributed by atoms with Crippen LogP contribution in [0.2, 0.25) is 5.02 Å². The molecule has 2 aromatic rings. The third-order valence-electron chi connectivity index (χ3n) is 2.66. The van der Waals surface area contributed by atoms with Crippen LogP contribution < -0.4 is 10.1 Å². The Balaban J connectivity index is 1.93. The number of aromatic carboxylic acids is 1. The van der Waals surface area contributed by atoms with Gasteiger partial charge in [-0.25, -0.2) is 4.79 Å². The molecule has 0 bridgehead atoms. The molecule has 0 aliphatic heterocycles. The minimum atomic E-state index is -1.01. The van der Waals surface area contributed by atoms with Gasteiger partial charge >= 0.3 is 5.97 Å². The van der Waals surface area contributed by atoms with Crippen LogP contribution in [0.25, 0.3) is 0 Å². The molecule has 4 nitrogen and oxygen atoms in total. The van der Waals surface area contributed by atoms with Crippen LogP contribution in [0.1, 0.15) is 10.4 Å². The largest absolute Gasteiger partial charge is 0.492 e. The lowest BCUT2D eigenvalue weighted by Crippen LogP contribution is -2.14. The molecule has 0 unspecified atom stereocenters. The number of hydrogen-bond acceptors (Lipinski definition) is 3. The standard InChI is InChI=1S/C15H14ClNO3/c16-13-8-4-7-12(15(18)19)14(13)17-9-10-20-11-5-2-1-3-6-11/h1-8,17H,9-10H2,(H,18,19). The number of rotatable bonds is 6. The van der Waals surface area contributed by atoms with Crippen molar-refractivity contribution in [2.75, 3.05) is 18.5 Å². The lowest BCUT2D eigenvalue weighted by Gasteiger charge is -2.12. The van der Waals surface area contributed by atoms with E-state index in [1.54, 1.807) is 12.1 Å². The first-order valence-electron chi connectivity index (χ1n) is 6.12. The molecular weight excluding hydrogens is 278 g/mol. The van der Waals surface area contributed by atoms with Gasteiger partial charge in [-0.15, -0.1) is 0 Å². The summed E-state index contributed by atoms with van der Waals surface area (Å²) in [6, 6.07) is 14.2. The second kappa shape index (κ2) is 6.82. The summed E-state index contributed by atoms with van der Waals surface area (Å²) in [5.41, 5.74) is 0.565. The molecule has 0 saturated heterocycles. The summed E-state index contributed by atoms with van der Waals surface area (Å²) in [4.78, 5) is 11.1. The highest BCUT2D eigenvalue weighted by Crippen LogP contribution is 2.25. The van der Waals surface area contributed by atoms with Gasteiger partial charge in [0.15, 0.2) is 0 Å². The second-order valence-electron chi connectivity index (χ2n) is 4.06. The van der Waals surface area contributed by atoms with E-state index in [1.165, 1.54) is 6.07 Å². The molecule has 0 radical (unpaired) electrons. The maximum atomic E-state index is 11.1. The van der Waals surface area contributed by atoms with E-state index in [-0.39, 0.29) is 5.56 Å². The first-order valence-corrected chi connectivity index (χ1v) is 6.50. The quantitative estimate of drug-likeness (QED) is 0.799. The van der Waals surface area contributed by atoms with Crippen LogP contribution in [-0.4, -0.2) is 24.2 Å². The number of halogens is 1. The molecule has 0 spiro atoms. The van der Waals surface area contributed by atoms with Crippen molar-refractivity contribution in [3.63, 3.8) is 0 Å². The van der Waals surface area contributed by atoms with Crippen LogP contribution in [0, 0.1) is 0 Å². The van der Waals surface area contributed by atoms with Gasteiger partial charge in [-0.05, 0) is 24.3 Å². The molecule has 0 aliphatic rings. The molecule has 20 heavy (non-hydrogen) atoms. The van der Waals surface area contributed by atoms with E-state index in [0.717, 1.165) is 5.75 Å². The van der Waals surface area contributed by atoms with E-state index in [9.17, 15) is 4.79 Å². The van der Waals surface area contributed by atoms with Gasteiger partial charge in [0.25, 0.3) is 0 Å². The zero-order chi connectivity index (χ0) is 14.4. The van der Waals surface area contributed by atoms with E-state index in [0.29, 0.717) is 23.9 Å². The SMILES string of the molecule is O=C(O)c1cccc(Cl)c1NCCOc1ccccc1. The van der Waals surface area contributed by atoms with Gasteiger partial charge in [-0.3, -0.25) is 0 Å². The van der Waals surface area contributed by atoms with Crippen LogP contribution in [0.5, 0.6) is 5.75 Å². The molecule has 104 valence electrons. The van der Waals surface area contributed by atoms with Crippen LogP contribution in [0.3, 0.4) is 0 Å². The van der Waals surface area contributed by atoms with Crippen molar-refractivity contribution < 1.29 is 14.6 Å². The second-order valence-corrected chi connectivity index (χ2v) is 4.46. The van der Waals surface area contributed by atoms with Gasteiger partial charge in [0.1, 0.15) is 12.4 Å². The Morgan fingerprint density at radius 2 is 1.90 bits per heavy atom. The Labute approximate surface area is 122 Å². The Kier molecular flexibility index (Phi) is 4.85. The highest BCUT2D eigenvalue weighted by atomic mass is 35.5. The number of benzene rings is 2. The number of carboxylic acid groups (broad SMARTS) is 1. The van der Waals surface area contributed by atoms with Crippen molar-refractivity contribution in [1.29, 1.82) is 0 Å². The van der Waals surface area contributed by atoms with Gasteiger partial charge in [0.2, 0.25) is 0 Å². The van der Waals surface area contributed by atoms with E-state index in [1.807, 2.05) is 30.3 Å². The van der Waals surface area contributed by atoms with Crippen molar-refractivity contribution in [3.05, 3.63) is 59.1 Å². The Morgan fingerprint density at radius 3 is 2.60 bits per heavy atom. The van der Waals surface area contributed by atoms with E-state index < -0.39 is 5.97 Å². The summed E-state index contributed by atoms with van der Waals surface area (Å²) in [5, 5.41) is 12.5. The number of carbonyl (C=O) groups is 1. The van der Waals surface area contributed by atoms with Gasteiger partial charge in [-0.2, -0.15) is 0 Å². The molecular formula is C15H14ClNO3. The number of hydrogen-bond donors (Lipinski definition) is 2. The molecule has 0 aliphatic carbocycles. The molecule has 0 saturated carbocycles. The molecule has 0 amide bonds. The summed E-state index contributed by atoms with van der Waals surface area (Å²) < 4.78 is 5.51. The topological polar surface area (TPSA) is 58.6 Å². The van der Waals surface area contributed by atoms with Gasteiger partial charge in [0, 0.05) is 6.54 Å². The Hall–Kier alpha value is -2.20. The number of nitrogens with one attached hydrogen (secondary N) is 1. The molecule has 0 fully saturated rings. The molecule has 2 rings (SSSR count). The van der Waals surface area contributed by atoms with Crippen LogP contribution in [0.15, 0.2) is 48.5 Å². The van der Waals surface area contributed by atoms with Crippen LogP contribution in [-0.2, 0) is 0 Å². The minimum absolute atomic E-state index is 0.150. The Bertz CT molecular complexity index is 587. The monoisotopic (exact) mass is 291 g/mol. The molecule has 2 aromatic carbocycles. The van der Waals surface area contributed by atoms with Crippen LogP contribution >= 0.6 is 11.6 Å². The highest BCUT2D eigenvalue weighted by Gasteiger charge is 2.12. The zero-order valence-electron chi connectivity index (χ0n) is 10.7. The third kappa shape index (κ3) is 3.65. The first kappa shape index (κ1) is 14.2. The van der Waals surface area contributed by atoms with Crippen molar-refractivity contribution in [2.24, 2.45) is 0 Å². The third-order valence-corrected chi connectivity index (χ3v) is 2.97. The predicted molar refractivity (Wildman–Crippen MR) is 78.8 cm³/mol. The first-order chi connectivity index (χ1) is 9.68. The number of ether oxygens (including phenoxy) is 1. The summed E-state index contributed by atoms with van der Waals surface area (Å²) in [6.07, 6.45) is 0. The average molecular weight is 292 g/mol. The predicted octanol–water partition coefficient (Wildman–Crippen LogP) is 3.53. The summed E-state index contributed by atoms with van der Waals surface area (Å²) in [5.74, 6) is -0.245. The fourth-order valence-corrected chi connectivity index (χ4v) is 1.99. The maximum Gasteiger partial charge on any atom is 0.337 e. The van der Waals surface area contributed by atoms with Gasteiger partial charge < -0.3 is 15.2 Å². The van der Waals surface area contributed by atoms with Crippen molar-refractivity contribution in [2.45, 2.75) is 0 Å². The lowest BCUT2D eigenvalue weighted by molar-refractivity contribution is 0.0698. The van der Waals surface area contributed by atoms with E-state index >= 15 is 0 Å². The normalized spacial score (nSPS) is 10.1. The van der Waals surface area contributed by atoms with Crippen molar-refractivity contribution >= 4 is 23.3 Å². The summed E-state index contributed by atoms with van der Waals surface area (Å²) in [7, 11) is 0. The molecule has 0 atom stereocenters. The molecule has 5 heteroatoms. The average Bonchev–Trinajstić information content (AvgIpc) is 2.45. The fraction of sp³-hybridized carbons (Fsp3) is 0.133. The van der Waals surface area contributed by atoms with E-state index in [4.69, 9.17) is 21.4 Å². The fourth-order valence-electron chi connectivity index (χ4n) is 1.74. The van der Waals surface area contributed by atoms with E-state index in [2.05, 4.69) is 5.32 Å². The van der Waals surface area contributed by atoms with Gasteiger partial charge in [-0.1, -0.05) is 35.9 Å². The number of anilines is 1. The maximum absolute atomic E-state index is 11.1. The number of para-hydroxylation sites is 2. The molecule has 0 heterocycles.